The third-order valence-electron chi connectivity index (χ3n) is 3.20. The molecule has 0 aliphatic heterocycles. The molecule has 0 spiro atoms. The first-order valence-electron chi connectivity index (χ1n) is 7.55. The Morgan fingerprint density at radius 1 is 1.13 bits per heavy atom. The smallest absolute Gasteiger partial charge is 0.226 e. The maximum atomic E-state index is 5.08. The SMILES string of the molecule is CN=C(NCCCc1nc(C)no1)NCCc1ccccc1.I. The van der Waals surface area contributed by atoms with Gasteiger partial charge in [-0.25, -0.2) is 0 Å². The molecule has 1 aromatic heterocycles. The van der Waals surface area contributed by atoms with E-state index >= 15 is 0 Å². The Labute approximate surface area is 154 Å². The predicted octanol–water partition coefficient (Wildman–Crippen LogP) is 2.34. The van der Waals surface area contributed by atoms with Gasteiger partial charge in [0.2, 0.25) is 5.89 Å². The van der Waals surface area contributed by atoms with Crippen molar-refractivity contribution < 1.29 is 4.52 Å². The minimum atomic E-state index is 0. The van der Waals surface area contributed by atoms with E-state index in [2.05, 4.69) is 50.0 Å². The molecule has 0 aliphatic rings. The van der Waals surface area contributed by atoms with E-state index in [1.54, 1.807) is 7.05 Å². The molecule has 0 amide bonds. The normalized spacial score (nSPS) is 11.0. The van der Waals surface area contributed by atoms with E-state index in [9.17, 15) is 0 Å². The van der Waals surface area contributed by atoms with E-state index in [1.807, 2.05) is 13.0 Å². The highest BCUT2D eigenvalue weighted by atomic mass is 127. The Balaban J connectivity index is 0.00000264. The second-order valence-electron chi connectivity index (χ2n) is 5.00. The molecule has 6 nitrogen and oxygen atoms in total. The van der Waals surface area contributed by atoms with Crippen LogP contribution in [0.5, 0.6) is 0 Å². The summed E-state index contributed by atoms with van der Waals surface area (Å²) in [6, 6.07) is 10.4. The number of halogens is 1. The number of hydrogen-bond acceptors (Lipinski definition) is 4. The van der Waals surface area contributed by atoms with Gasteiger partial charge >= 0.3 is 0 Å². The summed E-state index contributed by atoms with van der Waals surface area (Å²) >= 11 is 0. The number of hydrogen-bond donors (Lipinski definition) is 2. The molecular weight excluding hydrogens is 405 g/mol. The minimum Gasteiger partial charge on any atom is -0.356 e. The molecule has 0 unspecified atom stereocenters. The summed E-state index contributed by atoms with van der Waals surface area (Å²) in [7, 11) is 1.78. The molecule has 0 fully saturated rings. The van der Waals surface area contributed by atoms with Gasteiger partial charge in [-0.1, -0.05) is 35.5 Å². The van der Waals surface area contributed by atoms with Crippen LogP contribution in [0.1, 0.15) is 23.7 Å². The Hall–Kier alpha value is -1.64. The van der Waals surface area contributed by atoms with Crippen molar-refractivity contribution in [2.45, 2.75) is 26.2 Å². The summed E-state index contributed by atoms with van der Waals surface area (Å²) in [4.78, 5) is 8.39. The first kappa shape index (κ1) is 19.4. The summed E-state index contributed by atoms with van der Waals surface area (Å²) in [5.41, 5.74) is 1.32. The average molecular weight is 429 g/mol. The molecule has 1 aromatic carbocycles. The molecule has 0 saturated heterocycles. The molecule has 126 valence electrons. The van der Waals surface area contributed by atoms with Crippen molar-refractivity contribution in [1.29, 1.82) is 0 Å². The summed E-state index contributed by atoms with van der Waals surface area (Å²) in [6.07, 6.45) is 2.67. The zero-order chi connectivity index (χ0) is 15.6. The average Bonchev–Trinajstić information content (AvgIpc) is 2.96. The zero-order valence-corrected chi connectivity index (χ0v) is 15.9. The Morgan fingerprint density at radius 3 is 2.52 bits per heavy atom. The summed E-state index contributed by atoms with van der Waals surface area (Å²) in [5.74, 6) is 2.19. The fourth-order valence-electron chi connectivity index (χ4n) is 2.08. The van der Waals surface area contributed by atoms with Crippen molar-refractivity contribution in [3.8, 4) is 0 Å². The third kappa shape index (κ3) is 7.45. The lowest BCUT2D eigenvalue weighted by atomic mass is 10.1. The van der Waals surface area contributed by atoms with Crippen molar-refractivity contribution in [2.75, 3.05) is 20.1 Å². The summed E-state index contributed by atoms with van der Waals surface area (Å²) in [6.45, 7) is 3.49. The van der Waals surface area contributed by atoms with Gasteiger partial charge in [0.1, 0.15) is 0 Å². The molecule has 0 atom stereocenters. The van der Waals surface area contributed by atoms with Crippen molar-refractivity contribution in [2.24, 2.45) is 4.99 Å². The molecule has 0 saturated carbocycles. The molecule has 0 radical (unpaired) electrons. The van der Waals surface area contributed by atoms with Crippen LogP contribution in [0.25, 0.3) is 0 Å². The standard InChI is InChI=1S/C16H23N5O.HI/c1-13-20-15(22-21-13)9-6-11-18-16(17-2)19-12-10-14-7-4-3-5-8-14;/h3-5,7-8H,6,9-12H2,1-2H3,(H2,17,18,19);1H. The molecule has 2 aromatic rings. The van der Waals surface area contributed by atoms with Gasteiger partial charge in [0.25, 0.3) is 0 Å². The quantitative estimate of drug-likeness (QED) is 0.306. The fraction of sp³-hybridized carbons (Fsp3) is 0.438. The van der Waals surface area contributed by atoms with Gasteiger partial charge in [-0.05, 0) is 25.3 Å². The van der Waals surface area contributed by atoms with Gasteiger partial charge in [0.15, 0.2) is 11.8 Å². The fourth-order valence-corrected chi connectivity index (χ4v) is 2.08. The monoisotopic (exact) mass is 429 g/mol. The maximum Gasteiger partial charge on any atom is 0.226 e. The number of nitrogens with one attached hydrogen (secondary N) is 2. The molecule has 1 heterocycles. The van der Waals surface area contributed by atoms with Gasteiger partial charge in [0, 0.05) is 26.6 Å². The van der Waals surface area contributed by atoms with E-state index in [-0.39, 0.29) is 24.0 Å². The van der Waals surface area contributed by atoms with Crippen LogP contribution in [0.2, 0.25) is 0 Å². The Bertz CT molecular complexity index is 585. The lowest BCUT2D eigenvalue weighted by molar-refractivity contribution is 0.372. The maximum absolute atomic E-state index is 5.08. The van der Waals surface area contributed by atoms with Crippen LogP contribution in [0.3, 0.4) is 0 Å². The molecule has 0 aliphatic carbocycles. The number of aryl methyl sites for hydroxylation is 2. The number of nitrogens with zero attached hydrogens (tertiary/aromatic N) is 3. The summed E-state index contributed by atoms with van der Waals surface area (Å²) < 4.78 is 5.08. The second kappa shape index (κ2) is 11.0. The Morgan fingerprint density at radius 2 is 1.87 bits per heavy atom. The van der Waals surface area contributed by atoms with Gasteiger partial charge in [-0.2, -0.15) is 4.98 Å². The highest BCUT2D eigenvalue weighted by Crippen LogP contribution is 1.99. The Kier molecular flexibility index (Phi) is 9.27. The van der Waals surface area contributed by atoms with Crippen LogP contribution < -0.4 is 10.6 Å². The van der Waals surface area contributed by atoms with Gasteiger partial charge in [-0.3, -0.25) is 4.99 Å². The van der Waals surface area contributed by atoms with Gasteiger partial charge in [-0.15, -0.1) is 24.0 Å². The summed E-state index contributed by atoms with van der Waals surface area (Å²) in [5, 5.41) is 10.4. The molecule has 2 N–H and O–H groups in total. The van der Waals surface area contributed by atoms with Crippen molar-refractivity contribution >= 4 is 29.9 Å². The highest BCUT2D eigenvalue weighted by Gasteiger charge is 2.02. The molecule has 7 heteroatoms. The van der Waals surface area contributed by atoms with Crippen molar-refractivity contribution in [3.63, 3.8) is 0 Å². The number of guanidine groups is 1. The first-order chi connectivity index (χ1) is 10.8. The lowest BCUT2D eigenvalue weighted by Crippen LogP contribution is -2.38. The molecule has 0 bridgehead atoms. The zero-order valence-electron chi connectivity index (χ0n) is 13.6. The molecule has 23 heavy (non-hydrogen) atoms. The number of rotatable bonds is 7. The van der Waals surface area contributed by atoms with E-state index < -0.39 is 0 Å². The van der Waals surface area contributed by atoms with E-state index in [0.29, 0.717) is 11.7 Å². The van der Waals surface area contributed by atoms with E-state index in [0.717, 1.165) is 38.3 Å². The third-order valence-corrected chi connectivity index (χ3v) is 3.20. The minimum absolute atomic E-state index is 0. The van der Waals surface area contributed by atoms with Gasteiger partial charge < -0.3 is 15.2 Å². The molecular formula is C16H24IN5O. The van der Waals surface area contributed by atoms with Crippen LogP contribution in [-0.4, -0.2) is 36.2 Å². The van der Waals surface area contributed by atoms with Gasteiger partial charge in [0.05, 0.1) is 0 Å². The van der Waals surface area contributed by atoms with Crippen LogP contribution in [-0.2, 0) is 12.8 Å². The number of aliphatic imine (C=N–C) groups is 1. The molecule has 2 rings (SSSR count). The van der Waals surface area contributed by atoms with E-state index in [4.69, 9.17) is 4.52 Å². The topological polar surface area (TPSA) is 75.3 Å². The van der Waals surface area contributed by atoms with Crippen LogP contribution in [0.4, 0.5) is 0 Å². The predicted molar refractivity (Wildman–Crippen MR) is 102 cm³/mol. The number of aromatic nitrogens is 2. The second-order valence-corrected chi connectivity index (χ2v) is 5.00. The van der Waals surface area contributed by atoms with Crippen molar-refractivity contribution in [3.05, 3.63) is 47.6 Å². The van der Waals surface area contributed by atoms with E-state index in [1.165, 1.54) is 5.56 Å². The van der Waals surface area contributed by atoms with Crippen LogP contribution in [0, 0.1) is 6.92 Å². The first-order valence-corrected chi connectivity index (χ1v) is 7.55. The van der Waals surface area contributed by atoms with Crippen LogP contribution in [0.15, 0.2) is 39.8 Å². The number of benzene rings is 1. The van der Waals surface area contributed by atoms with Crippen molar-refractivity contribution in [1.82, 2.24) is 20.8 Å². The van der Waals surface area contributed by atoms with Crippen LogP contribution >= 0.6 is 24.0 Å². The lowest BCUT2D eigenvalue weighted by Gasteiger charge is -2.11. The highest BCUT2D eigenvalue weighted by molar-refractivity contribution is 14.0. The largest absolute Gasteiger partial charge is 0.356 e.